The second kappa shape index (κ2) is 11.3. The van der Waals surface area contributed by atoms with Gasteiger partial charge in [-0.3, -0.25) is 0 Å². The average molecular weight is 417 g/mol. The van der Waals surface area contributed by atoms with Crippen molar-refractivity contribution in [3.63, 3.8) is 0 Å². The van der Waals surface area contributed by atoms with Gasteiger partial charge in [0.15, 0.2) is 0 Å². The molecule has 0 saturated heterocycles. The molecule has 0 bridgehead atoms. The molecule has 31 heavy (non-hydrogen) atoms. The van der Waals surface area contributed by atoms with Gasteiger partial charge in [-0.2, -0.15) is 0 Å². The molecule has 0 aromatic carbocycles. The topological polar surface area (TPSA) is 0 Å². The lowest BCUT2D eigenvalue weighted by Gasteiger charge is -2.37. The van der Waals surface area contributed by atoms with Crippen LogP contribution in [0.25, 0.3) is 0 Å². The lowest BCUT2D eigenvalue weighted by Crippen LogP contribution is -2.23. The number of hydrogen-bond donors (Lipinski definition) is 0. The fraction of sp³-hybridized carbons (Fsp3) is 0.419. The summed E-state index contributed by atoms with van der Waals surface area (Å²) in [6, 6.07) is 0. The standard InChI is InChI=1S/C31H44/c1-12-30(8,9)27(7)28-17-14-20-31(10,11)29(28)19-18-24(4)15-13-16-25(5)22-26(6)21-23(2)3/h12-13,15-16,18-19,21-22H,1-2,7,14,17,20H2,3-6,8-11H3/b16-13+,19-18+,24-15+,25-22+,26-21+. The fourth-order valence-corrected chi connectivity index (χ4v) is 4.00. The molecule has 0 spiro atoms. The van der Waals surface area contributed by atoms with E-state index in [-0.39, 0.29) is 10.8 Å². The molecule has 0 nitrogen and oxygen atoms in total. The van der Waals surface area contributed by atoms with Gasteiger partial charge in [-0.25, -0.2) is 0 Å². The molecule has 0 saturated carbocycles. The molecule has 168 valence electrons. The maximum atomic E-state index is 4.47. The highest BCUT2D eigenvalue weighted by atomic mass is 14.4. The molecule has 0 unspecified atom stereocenters. The van der Waals surface area contributed by atoms with Crippen LogP contribution >= 0.6 is 0 Å². The SMILES string of the molecule is C=CC(C)(C)C(=C)C1=C(/C=C/C(C)=C/C=C/C(C)=C/C(C)=C/C(=C)C)C(C)(C)CCC1. The fourth-order valence-electron chi connectivity index (χ4n) is 4.00. The van der Waals surface area contributed by atoms with Gasteiger partial charge in [0, 0.05) is 5.41 Å². The molecule has 0 heteroatoms. The van der Waals surface area contributed by atoms with E-state index in [0.29, 0.717) is 0 Å². The Morgan fingerprint density at radius 1 is 0.935 bits per heavy atom. The van der Waals surface area contributed by atoms with E-state index in [9.17, 15) is 0 Å². The Bertz CT molecular complexity index is 882. The van der Waals surface area contributed by atoms with Crippen molar-refractivity contribution in [3.8, 4) is 0 Å². The van der Waals surface area contributed by atoms with Gasteiger partial charge in [0.2, 0.25) is 0 Å². The van der Waals surface area contributed by atoms with E-state index >= 15 is 0 Å². The van der Waals surface area contributed by atoms with Gasteiger partial charge in [0.1, 0.15) is 0 Å². The van der Waals surface area contributed by atoms with Crippen molar-refractivity contribution in [2.75, 3.05) is 0 Å². The molecule has 1 aliphatic carbocycles. The van der Waals surface area contributed by atoms with Crippen molar-refractivity contribution in [3.05, 3.63) is 107 Å². The number of hydrogen-bond acceptors (Lipinski definition) is 0. The molecule has 0 amide bonds. The normalized spacial score (nSPS) is 18.8. The predicted octanol–water partition coefficient (Wildman–Crippen LogP) is 9.79. The van der Waals surface area contributed by atoms with Gasteiger partial charge in [-0.05, 0) is 69.1 Å². The van der Waals surface area contributed by atoms with E-state index in [0.717, 1.165) is 12.0 Å². The summed E-state index contributed by atoms with van der Waals surface area (Å²) in [4.78, 5) is 0. The predicted molar refractivity (Wildman–Crippen MR) is 142 cm³/mol. The largest absolute Gasteiger partial charge is 0.102 e. The summed E-state index contributed by atoms with van der Waals surface area (Å²) in [7, 11) is 0. The summed E-state index contributed by atoms with van der Waals surface area (Å²) in [6.45, 7) is 30.0. The summed E-state index contributed by atoms with van der Waals surface area (Å²) in [6.07, 6.45) is 20.8. The maximum absolute atomic E-state index is 4.47. The van der Waals surface area contributed by atoms with Gasteiger partial charge in [-0.1, -0.05) is 112 Å². The first-order valence-electron chi connectivity index (χ1n) is 11.4. The van der Waals surface area contributed by atoms with Crippen LogP contribution in [-0.4, -0.2) is 0 Å². The highest BCUT2D eigenvalue weighted by Crippen LogP contribution is 2.46. The summed E-state index contributed by atoms with van der Waals surface area (Å²) in [5.74, 6) is 0. The molecule has 0 heterocycles. The number of allylic oxidation sites excluding steroid dienone is 15. The molecule has 0 radical (unpaired) electrons. The van der Waals surface area contributed by atoms with Gasteiger partial charge in [-0.15, -0.1) is 6.58 Å². The van der Waals surface area contributed by atoms with Crippen LogP contribution in [0.3, 0.4) is 0 Å². The molecule has 0 aliphatic heterocycles. The van der Waals surface area contributed by atoms with Crippen LogP contribution in [0.2, 0.25) is 0 Å². The van der Waals surface area contributed by atoms with Crippen molar-refractivity contribution in [1.82, 2.24) is 0 Å². The van der Waals surface area contributed by atoms with Crippen molar-refractivity contribution >= 4 is 0 Å². The zero-order valence-corrected chi connectivity index (χ0v) is 21.4. The lowest BCUT2D eigenvalue weighted by molar-refractivity contribution is 0.374. The monoisotopic (exact) mass is 416 g/mol. The molecular formula is C31H44. The third-order valence-corrected chi connectivity index (χ3v) is 6.10. The van der Waals surface area contributed by atoms with E-state index in [4.69, 9.17) is 0 Å². The van der Waals surface area contributed by atoms with Crippen LogP contribution in [0.4, 0.5) is 0 Å². The smallest absolute Gasteiger partial charge is 0.00696 e. The first-order valence-corrected chi connectivity index (χ1v) is 11.4. The molecular weight excluding hydrogens is 372 g/mol. The Kier molecular flexibility index (Phi) is 9.75. The average Bonchev–Trinajstić information content (AvgIpc) is 2.64. The second-order valence-corrected chi connectivity index (χ2v) is 10.3. The Labute approximate surface area is 192 Å². The Balaban J connectivity index is 3.14. The molecule has 0 atom stereocenters. The van der Waals surface area contributed by atoms with Crippen LogP contribution in [0.15, 0.2) is 107 Å². The van der Waals surface area contributed by atoms with E-state index in [2.05, 4.69) is 111 Å². The minimum Gasteiger partial charge on any atom is -0.102 e. The van der Waals surface area contributed by atoms with Crippen LogP contribution in [0.1, 0.15) is 74.7 Å². The summed E-state index contributed by atoms with van der Waals surface area (Å²) in [5, 5.41) is 0. The van der Waals surface area contributed by atoms with Gasteiger partial charge < -0.3 is 0 Å². The Morgan fingerprint density at radius 3 is 2.16 bits per heavy atom. The zero-order chi connectivity index (χ0) is 23.8. The van der Waals surface area contributed by atoms with E-state index in [1.54, 1.807) is 0 Å². The van der Waals surface area contributed by atoms with Gasteiger partial charge in [0.25, 0.3) is 0 Å². The maximum Gasteiger partial charge on any atom is 0.00696 e. The Hall–Kier alpha value is -2.34. The molecule has 0 aromatic rings. The van der Waals surface area contributed by atoms with Crippen molar-refractivity contribution in [2.24, 2.45) is 10.8 Å². The van der Waals surface area contributed by atoms with E-state index in [1.807, 2.05) is 13.0 Å². The third-order valence-electron chi connectivity index (χ3n) is 6.10. The zero-order valence-electron chi connectivity index (χ0n) is 21.4. The van der Waals surface area contributed by atoms with Crippen LogP contribution in [0, 0.1) is 10.8 Å². The molecule has 1 rings (SSSR count). The minimum absolute atomic E-state index is 0.0873. The first kappa shape index (κ1) is 26.7. The van der Waals surface area contributed by atoms with Crippen LogP contribution < -0.4 is 0 Å². The highest BCUT2D eigenvalue weighted by molar-refractivity contribution is 5.48. The second-order valence-electron chi connectivity index (χ2n) is 10.3. The van der Waals surface area contributed by atoms with Gasteiger partial charge >= 0.3 is 0 Å². The quantitative estimate of drug-likeness (QED) is 0.259. The van der Waals surface area contributed by atoms with Crippen LogP contribution in [-0.2, 0) is 0 Å². The summed E-state index contributed by atoms with van der Waals surface area (Å²) >= 11 is 0. The third kappa shape index (κ3) is 8.37. The van der Waals surface area contributed by atoms with E-state index < -0.39 is 0 Å². The molecule has 0 fully saturated rings. The van der Waals surface area contributed by atoms with Crippen molar-refractivity contribution in [1.29, 1.82) is 0 Å². The van der Waals surface area contributed by atoms with E-state index in [1.165, 1.54) is 46.3 Å². The molecule has 1 aliphatic rings. The first-order chi connectivity index (χ1) is 14.3. The van der Waals surface area contributed by atoms with Crippen molar-refractivity contribution < 1.29 is 0 Å². The number of rotatable bonds is 9. The van der Waals surface area contributed by atoms with Gasteiger partial charge in [0.05, 0.1) is 0 Å². The van der Waals surface area contributed by atoms with Crippen molar-refractivity contribution in [2.45, 2.75) is 74.7 Å². The minimum atomic E-state index is -0.0873. The van der Waals surface area contributed by atoms with Crippen LogP contribution in [0.5, 0.6) is 0 Å². The Morgan fingerprint density at radius 2 is 1.58 bits per heavy atom. The molecule has 0 aromatic heterocycles. The molecule has 0 N–H and O–H groups in total. The lowest BCUT2D eigenvalue weighted by atomic mass is 9.67. The summed E-state index contributed by atoms with van der Waals surface area (Å²) in [5.41, 5.74) is 8.87. The highest BCUT2D eigenvalue weighted by Gasteiger charge is 2.32. The summed E-state index contributed by atoms with van der Waals surface area (Å²) < 4.78 is 0.